The zero-order chi connectivity index (χ0) is 22.7. The normalized spacial score (nSPS) is 16.5. The molecule has 1 aromatic heterocycles. The van der Waals surface area contributed by atoms with E-state index < -0.39 is 5.54 Å². The Balaban J connectivity index is 1.72. The summed E-state index contributed by atoms with van der Waals surface area (Å²) in [6.45, 7) is 1.67. The lowest BCUT2D eigenvalue weighted by Gasteiger charge is -2.43. The van der Waals surface area contributed by atoms with Gasteiger partial charge in [-0.25, -0.2) is 4.79 Å². The molecule has 0 bridgehead atoms. The Hall–Kier alpha value is -3.44. The lowest BCUT2D eigenvalue weighted by atomic mass is 9.69. The van der Waals surface area contributed by atoms with Crippen LogP contribution in [0.2, 0.25) is 0 Å². The quantitative estimate of drug-likeness (QED) is 0.452. The standard InChI is InChI=1S/C28H29N3O2/c32-26(16-15-21-9-3-1-4-10-21)28(22-11-5-2-6-12-22,23-17-19-29-20-18-23)31-25-14-8-7-13-24(25)30-27(31)33/h1-14,23,29H,15-20H2,(H,30,33). The highest BCUT2D eigenvalue weighted by Gasteiger charge is 2.49. The topological polar surface area (TPSA) is 66.9 Å². The van der Waals surface area contributed by atoms with E-state index in [2.05, 4.69) is 22.4 Å². The molecule has 1 aliphatic rings. The van der Waals surface area contributed by atoms with E-state index in [-0.39, 0.29) is 17.4 Å². The molecule has 168 valence electrons. The second kappa shape index (κ2) is 9.20. The SMILES string of the molecule is O=C(CCc1ccccc1)C(c1ccccc1)(C1CCNCC1)n1c(=O)[nH]c2ccccc21. The molecule has 1 saturated heterocycles. The third kappa shape index (κ3) is 3.83. The summed E-state index contributed by atoms with van der Waals surface area (Å²) in [6, 6.07) is 27.7. The summed E-state index contributed by atoms with van der Waals surface area (Å²) in [4.78, 5) is 31.0. The van der Waals surface area contributed by atoms with Gasteiger partial charge in [0.05, 0.1) is 11.0 Å². The highest BCUT2D eigenvalue weighted by atomic mass is 16.2. The van der Waals surface area contributed by atoms with Gasteiger partial charge in [-0.1, -0.05) is 72.8 Å². The van der Waals surface area contributed by atoms with Crippen LogP contribution in [0.5, 0.6) is 0 Å². The molecule has 2 N–H and O–H groups in total. The number of carbonyl (C=O) groups excluding carboxylic acids is 1. The Labute approximate surface area is 193 Å². The van der Waals surface area contributed by atoms with Gasteiger partial charge in [-0.15, -0.1) is 0 Å². The molecular formula is C28H29N3O2. The maximum absolute atomic E-state index is 14.4. The van der Waals surface area contributed by atoms with Crippen molar-refractivity contribution in [1.29, 1.82) is 0 Å². The fraction of sp³-hybridized carbons (Fsp3) is 0.286. The van der Waals surface area contributed by atoms with Gasteiger partial charge in [0.1, 0.15) is 5.54 Å². The number of H-pyrrole nitrogens is 1. The van der Waals surface area contributed by atoms with Crippen LogP contribution in [0.25, 0.3) is 11.0 Å². The minimum atomic E-state index is -1.06. The molecule has 0 spiro atoms. The number of aromatic amines is 1. The van der Waals surface area contributed by atoms with Gasteiger partial charge in [0, 0.05) is 6.42 Å². The summed E-state index contributed by atoms with van der Waals surface area (Å²) < 4.78 is 1.76. The highest BCUT2D eigenvalue weighted by Crippen LogP contribution is 2.42. The molecule has 1 unspecified atom stereocenters. The summed E-state index contributed by atoms with van der Waals surface area (Å²) in [7, 11) is 0. The largest absolute Gasteiger partial charge is 0.327 e. The van der Waals surface area contributed by atoms with Crippen LogP contribution >= 0.6 is 0 Å². The molecule has 3 aromatic carbocycles. The number of hydrogen-bond donors (Lipinski definition) is 2. The predicted molar refractivity (Wildman–Crippen MR) is 131 cm³/mol. The first kappa shape index (κ1) is 21.4. The number of carbonyl (C=O) groups is 1. The Morgan fingerprint density at radius 3 is 2.24 bits per heavy atom. The molecule has 1 fully saturated rings. The van der Waals surface area contributed by atoms with Crippen molar-refractivity contribution < 1.29 is 4.79 Å². The number of aromatic nitrogens is 2. The summed E-state index contributed by atoms with van der Waals surface area (Å²) in [5.41, 5.74) is 2.26. The number of imidazole rings is 1. The van der Waals surface area contributed by atoms with Crippen molar-refractivity contribution in [2.75, 3.05) is 13.1 Å². The lowest BCUT2D eigenvalue weighted by Crippen LogP contribution is -2.55. The summed E-state index contributed by atoms with van der Waals surface area (Å²) in [6.07, 6.45) is 2.68. The van der Waals surface area contributed by atoms with Crippen molar-refractivity contribution in [3.8, 4) is 0 Å². The second-order valence-corrected chi connectivity index (χ2v) is 8.85. The molecule has 0 aliphatic carbocycles. The smallest absolute Gasteiger partial charge is 0.317 e. The Kier molecular flexibility index (Phi) is 5.97. The van der Waals surface area contributed by atoms with Crippen LogP contribution in [0.4, 0.5) is 0 Å². The van der Waals surface area contributed by atoms with Gasteiger partial charge in [0.15, 0.2) is 5.78 Å². The van der Waals surface area contributed by atoms with E-state index in [0.717, 1.165) is 48.1 Å². The zero-order valence-electron chi connectivity index (χ0n) is 18.7. The number of aryl methyl sites for hydroxylation is 1. The number of nitrogens with one attached hydrogen (secondary N) is 2. The second-order valence-electron chi connectivity index (χ2n) is 8.85. The Bertz CT molecular complexity index is 1290. The summed E-state index contributed by atoms with van der Waals surface area (Å²) >= 11 is 0. The van der Waals surface area contributed by atoms with Gasteiger partial charge >= 0.3 is 5.69 Å². The van der Waals surface area contributed by atoms with Gasteiger partial charge in [-0.05, 0) is 61.5 Å². The number of Topliss-reactive ketones (excluding diaryl/α,β-unsaturated/α-hetero) is 1. The lowest BCUT2D eigenvalue weighted by molar-refractivity contribution is -0.128. The molecule has 0 saturated carbocycles. The number of benzene rings is 3. The number of ketones is 1. The maximum atomic E-state index is 14.4. The van der Waals surface area contributed by atoms with Gasteiger partial charge in [-0.3, -0.25) is 9.36 Å². The van der Waals surface area contributed by atoms with Crippen LogP contribution in [0, 0.1) is 5.92 Å². The number of rotatable bonds is 7. The van der Waals surface area contributed by atoms with Crippen molar-refractivity contribution in [2.45, 2.75) is 31.2 Å². The first-order chi connectivity index (χ1) is 16.2. The van der Waals surface area contributed by atoms with Crippen molar-refractivity contribution in [2.24, 2.45) is 5.92 Å². The fourth-order valence-corrected chi connectivity index (χ4v) is 5.49. The maximum Gasteiger partial charge on any atom is 0.327 e. The van der Waals surface area contributed by atoms with E-state index in [4.69, 9.17) is 0 Å². The highest BCUT2D eigenvalue weighted by molar-refractivity contribution is 5.93. The van der Waals surface area contributed by atoms with Crippen LogP contribution in [-0.2, 0) is 16.8 Å². The third-order valence-corrected chi connectivity index (χ3v) is 6.99. The van der Waals surface area contributed by atoms with Crippen LogP contribution in [0.3, 0.4) is 0 Å². The molecule has 0 amide bonds. The molecular weight excluding hydrogens is 410 g/mol. The molecule has 1 aliphatic heterocycles. The molecule has 2 heterocycles. The number of para-hydroxylation sites is 2. The molecule has 5 heteroatoms. The molecule has 33 heavy (non-hydrogen) atoms. The van der Waals surface area contributed by atoms with Crippen molar-refractivity contribution >= 4 is 16.8 Å². The van der Waals surface area contributed by atoms with Crippen LogP contribution in [-0.4, -0.2) is 28.4 Å². The molecule has 0 radical (unpaired) electrons. The van der Waals surface area contributed by atoms with Crippen LogP contribution < -0.4 is 11.0 Å². The van der Waals surface area contributed by atoms with Crippen molar-refractivity contribution in [1.82, 2.24) is 14.9 Å². The van der Waals surface area contributed by atoms with Crippen LogP contribution in [0.1, 0.15) is 30.4 Å². The first-order valence-electron chi connectivity index (χ1n) is 11.7. The average Bonchev–Trinajstić information content (AvgIpc) is 3.21. The van der Waals surface area contributed by atoms with E-state index in [1.54, 1.807) is 4.57 Å². The number of piperidine rings is 1. The minimum Gasteiger partial charge on any atom is -0.317 e. The molecule has 5 nitrogen and oxygen atoms in total. The average molecular weight is 440 g/mol. The number of hydrogen-bond acceptors (Lipinski definition) is 3. The summed E-state index contributed by atoms with van der Waals surface area (Å²) in [5, 5.41) is 3.43. The van der Waals surface area contributed by atoms with E-state index in [1.807, 2.05) is 72.8 Å². The number of nitrogens with zero attached hydrogens (tertiary/aromatic N) is 1. The van der Waals surface area contributed by atoms with E-state index >= 15 is 0 Å². The number of fused-ring (bicyclic) bond motifs is 1. The monoisotopic (exact) mass is 439 g/mol. The van der Waals surface area contributed by atoms with Gasteiger partial charge in [0.25, 0.3) is 0 Å². The van der Waals surface area contributed by atoms with E-state index in [9.17, 15) is 9.59 Å². The molecule has 1 atom stereocenters. The fourth-order valence-electron chi connectivity index (χ4n) is 5.49. The molecule has 4 aromatic rings. The van der Waals surface area contributed by atoms with Crippen molar-refractivity contribution in [3.05, 3.63) is 107 Å². The van der Waals surface area contributed by atoms with E-state index in [1.165, 1.54) is 0 Å². The molecule has 5 rings (SSSR count). The van der Waals surface area contributed by atoms with Gasteiger partial charge < -0.3 is 10.3 Å². The predicted octanol–water partition coefficient (Wildman–Crippen LogP) is 4.27. The van der Waals surface area contributed by atoms with Crippen molar-refractivity contribution in [3.63, 3.8) is 0 Å². The van der Waals surface area contributed by atoms with Crippen LogP contribution in [0.15, 0.2) is 89.7 Å². The zero-order valence-corrected chi connectivity index (χ0v) is 18.7. The first-order valence-corrected chi connectivity index (χ1v) is 11.7. The Morgan fingerprint density at radius 1 is 0.879 bits per heavy atom. The summed E-state index contributed by atoms with van der Waals surface area (Å²) in [5.74, 6) is 0.109. The van der Waals surface area contributed by atoms with E-state index in [0.29, 0.717) is 12.8 Å². The Morgan fingerprint density at radius 2 is 1.52 bits per heavy atom. The minimum absolute atomic E-state index is 0.0151. The van der Waals surface area contributed by atoms with Gasteiger partial charge in [-0.2, -0.15) is 0 Å². The van der Waals surface area contributed by atoms with Gasteiger partial charge in [0.2, 0.25) is 0 Å². The third-order valence-electron chi connectivity index (χ3n) is 6.99.